The second-order valence-corrected chi connectivity index (χ2v) is 3.21. The van der Waals surface area contributed by atoms with Crippen LogP contribution in [0.25, 0.3) is 0 Å². The minimum atomic E-state index is -4.31. The zero-order chi connectivity index (χ0) is 12.6. The molecule has 0 aliphatic rings. The smallest absolute Gasteiger partial charge is 0.411 e. The molecule has 0 bridgehead atoms. The molecule has 0 aromatic carbocycles. The highest BCUT2D eigenvalue weighted by Crippen LogP contribution is 2.14. The van der Waals surface area contributed by atoms with E-state index in [1.807, 2.05) is 0 Å². The third-order valence-corrected chi connectivity index (χ3v) is 1.59. The van der Waals surface area contributed by atoms with Gasteiger partial charge in [-0.05, 0) is 14.0 Å². The summed E-state index contributed by atoms with van der Waals surface area (Å²) in [4.78, 5) is 12.5. The molecule has 0 radical (unpaired) electrons. The molecule has 0 N–H and O–H groups in total. The van der Waals surface area contributed by atoms with E-state index in [4.69, 9.17) is 0 Å². The molecule has 0 fully saturated rings. The van der Waals surface area contributed by atoms with Gasteiger partial charge in [-0.15, -0.1) is 0 Å². The molecule has 96 valence electrons. The molecule has 4 nitrogen and oxygen atoms in total. The zero-order valence-corrected chi connectivity index (χ0v) is 9.34. The molecule has 0 unspecified atom stereocenters. The molecular formula is C9H16F3NO3. The Morgan fingerprint density at radius 1 is 1.38 bits per heavy atom. The normalized spacial score (nSPS) is 11.9. The second-order valence-electron chi connectivity index (χ2n) is 3.21. The van der Waals surface area contributed by atoms with Crippen molar-refractivity contribution >= 4 is 5.97 Å². The van der Waals surface area contributed by atoms with Gasteiger partial charge >= 0.3 is 12.1 Å². The summed E-state index contributed by atoms with van der Waals surface area (Å²) in [7, 11) is 1.61. The number of nitrogens with zero attached hydrogens (tertiary/aromatic N) is 1. The van der Waals surface area contributed by atoms with Crippen molar-refractivity contribution in [1.29, 1.82) is 0 Å². The molecule has 0 spiro atoms. The number of esters is 1. The van der Waals surface area contributed by atoms with Gasteiger partial charge in [-0.1, -0.05) is 0 Å². The van der Waals surface area contributed by atoms with E-state index in [1.54, 1.807) is 14.0 Å². The maximum atomic E-state index is 11.7. The number of alkyl halides is 3. The first-order valence-corrected chi connectivity index (χ1v) is 4.84. The van der Waals surface area contributed by atoms with E-state index in [9.17, 15) is 18.0 Å². The summed E-state index contributed by atoms with van der Waals surface area (Å²) < 4.78 is 44.1. The molecule has 16 heavy (non-hydrogen) atoms. The van der Waals surface area contributed by atoms with Gasteiger partial charge in [0.05, 0.1) is 19.8 Å². The monoisotopic (exact) mass is 243 g/mol. The molecule has 0 aliphatic heterocycles. The summed E-state index contributed by atoms with van der Waals surface area (Å²) >= 11 is 0. The number of carbonyl (C=O) groups is 1. The molecule has 0 saturated heterocycles. The SMILES string of the molecule is CCOC(=O)CN(C)CCOCC(F)(F)F. The van der Waals surface area contributed by atoms with Crippen LogP contribution in [0.4, 0.5) is 13.2 Å². The molecule has 0 aromatic rings. The quantitative estimate of drug-likeness (QED) is 0.495. The first kappa shape index (κ1) is 15.2. The number of likely N-dealkylation sites (N-methyl/N-ethyl adjacent to an activating group) is 1. The third kappa shape index (κ3) is 9.72. The van der Waals surface area contributed by atoms with Crippen molar-refractivity contribution in [3.8, 4) is 0 Å². The van der Waals surface area contributed by atoms with Crippen LogP contribution in [0.5, 0.6) is 0 Å². The van der Waals surface area contributed by atoms with E-state index in [2.05, 4.69) is 9.47 Å². The molecule has 0 aliphatic carbocycles. The van der Waals surface area contributed by atoms with E-state index in [-0.39, 0.29) is 26.3 Å². The van der Waals surface area contributed by atoms with Gasteiger partial charge in [0.25, 0.3) is 0 Å². The fourth-order valence-electron chi connectivity index (χ4n) is 0.914. The van der Waals surface area contributed by atoms with E-state index in [0.29, 0.717) is 0 Å². The first-order valence-electron chi connectivity index (χ1n) is 4.84. The van der Waals surface area contributed by atoms with E-state index in [0.717, 1.165) is 0 Å². The van der Waals surface area contributed by atoms with Crippen LogP contribution in [0, 0.1) is 0 Å². The Balaban J connectivity index is 3.51. The number of rotatable bonds is 7. The lowest BCUT2D eigenvalue weighted by Gasteiger charge is -2.15. The van der Waals surface area contributed by atoms with E-state index < -0.39 is 18.8 Å². The van der Waals surface area contributed by atoms with Crippen LogP contribution in [0.2, 0.25) is 0 Å². The van der Waals surface area contributed by atoms with Crippen LogP contribution in [0.1, 0.15) is 6.92 Å². The molecule has 0 atom stereocenters. The molecule has 0 amide bonds. The van der Waals surface area contributed by atoms with Crippen molar-refractivity contribution < 1.29 is 27.4 Å². The maximum absolute atomic E-state index is 11.7. The zero-order valence-electron chi connectivity index (χ0n) is 9.34. The van der Waals surface area contributed by atoms with Crippen molar-refractivity contribution in [1.82, 2.24) is 4.90 Å². The predicted octanol–water partition coefficient (Wildman–Crippen LogP) is 1.06. The lowest BCUT2D eigenvalue weighted by molar-refractivity contribution is -0.174. The van der Waals surface area contributed by atoms with Crippen molar-refractivity contribution in [2.45, 2.75) is 13.1 Å². The molecule has 7 heteroatoms. The van der Waals surface area contributed by atoms with Crippen molar-refractivity contribution in [2.24, 2.45) is 0 Å². The Hall–Kier alpha value is -0.820. The van der Waals surface area contributed by atoms with Gasteiger partial charge in [-0.25, -0.2) is 0 Å². The lowest BCUT2D eigenvalue weighted by atomic mass is 10.5. The largest absolute Gasteiger partial charge is 0.465 e. The van der Waals surface area contributed by atoms with Gasteiger partial charge in [-0.3, -0.25) is 9.69 Å². The fraction of sp³-hybridized carbons (Fsp3) is 0.889. The molecule has 0 heterocycles. The molecule has 0 rings (SSSR count). The van der Waals surface area contributed by atoms with Crippen LogP contribution in [-0.2, 0) is 14.3 Å². The topological polar surface area (TPSA) is 38.8 Å². The maximum Gasteiger partial charge on any atom is 0.411 e. The van der Waals surface area contributed by atoms with Gasteiger partial charge in [0.2, 0.25) is 0 Å². The van der Waals surface area contributed by atoms with Gasteiger partial charge in [-0.2, -0.15) is 13.2 Å². The Morgan fingerprint density at radius 2 is 2.00 bits per heavy atom. The number of hydrogen-bond acceptors (Lipinski definition) is 4. The molecule has 0 aromatic heterocycles. The third-order valence-electron chi connectivity index (χ3n) is 1.59. The Morgan fingerprint density at radius 3 is 2.50 bits per heavy atom. The van der Waals surface area contributed by atoms with E-state index in [1.165, 1.54) is 4.90 Å². The number of carbonyl (C=O) groups excluding carboxylic acids is 1. The first-order chi connectivity index (χ1) is 7.35. The Labute approximate surface area is 92.3 Å². The highest BCUT2D eigenvalue weighted by Gasteiger charge is 2.27. The van der Waals surface area contributed by atoms with Gasteiger partial charge < -0.3 is 9.47 Å². The standard InChI is InChI=1S/C9H16F3NO3/c1-3-16-8(14)6-13(2)4-5-15-7-9(10,11)12/h3-7H2,1-2H3. The van der Waals surface area contributed by atoms with Crippen LogP contribution in [-0.4, -0.2) is 57.0 Å². The van der Waals surface area contributed by atoms with Gasteiger partial charge in [0.15, 0.2) is 0 Å². The number of ether oxygens (including phenoxy) is 2. The summed E-state index contributed by atoms with van der Waals surface area (Å²) in [5.74, 6) is -0.402. The second kappa shape index (κ2) is 7.45. The minimum Gasteiger partial charge on any atom is -0.465 e. The van der Waals surface area contributed by atoms with Gasteiger partial charge in [0.1, 0.15) is 6.61 Å². The van der Waals surface area contributed by atoms with Crippen LogP contribution in [0.3, 0.4) is 0 Å². The summed E-state index contributed by atoms with van der Waals surface area (Å²) in [6.07, 6.45) is -4.31. The molecule has 0 saturated carbocycles. The lowest BCUT2D eigenvalue weighted by Crippen LogP contribution is -2.31. The fourth-order valence-corrected chi connectivity index (χ4v) is 0.914. The molecular weight excluding hydrogens is 227 g/mol. The summed E-state index contributed by atoms with van der Waals surface area (Å²) in [5, 5.41) is 0. The average molecular weight is 243 g/mol. The van der Waals surface area contributed by atoms with E-state index >= 15 is 0 Å². The number of hydrogen-bond donors (Lipinski definition) is 0. The summed E-state index contributed by atoms with van der Waals surface area (Å²) in [6.45, 7) is 0.926. The highest BCUT2D eigenvalue weighted by atomic mass is 19.4. The van der Waals surface area contributed by atoms with Crippen LogP contribution < -0.4 is 0 Å². The van der Waals surface area contributed by atoms with Gasteiger partial charge in [0, 0.05) is 6.54 Å². The highest BCUT2D eigenvalue weighted by molar-refractivity contribution is 5.71. The summed E-state index contributed by atoms with van der Waals surface area (Å²) in [5.41, 5.74) is 0. The average Bonchev–Trinajstić information content (AvgIpc) is 2.11. The van der Waals surface area contributed by atoms with Crippen molar-refractivity contribution in [3.63, 3.8) is 0 Å². The predicted molar refractivity (Wildman–Crippen MR) is 51.0 cm³/mol. The van der Waals surface area contributed by atoms with Crippen LogP contribution >= 0.6 is 0 Å². The van der Waals surface area contributed by atoms with Crippen molar-refractivity contribution in [2.75, 3.05) is 40.0 Å². The van der Waals surface area contributed by atoms with Crippen molar-refractivity contribution in [3.05, 3.63) is 0 Å². The van der Waals surface area contributed by atoms with Crippen LogP contribution in [0.15, 0.2) is 0 Å². The minimum absolute atomic E-state index is 0.0449. The Kier molecular flexibility index (Phi) is 7.07. The Bertz CT molecular complexity index is 209. The summed E-state index contributed by atoms with van der Waals surface area (Å²) in [6, 6.07) is 0. The number of halogens is 3.